The second kappa shape index (κ2) is 5.84. The highest BCUT2D eigenvalue weighted by Gasteiger charge is 2.28. The van der Waals surface area contributed by atoms with Crippen LogP contribution in [0.1, 0.15) is 54.9 Å². The Bertz CT molecular complexity index is 572. The fourth-order valence-electron chi connectivity index (χ4n) is 2.15. The third-order valence-corrected chi connectivity index (χ3v) is 4.74. The molecule has 4 heteroatoms. The third-order valence-electron chi connectivity index (χ3n) is 3.56. The van der Waals surface area contributed by atoms with Gasteiger partial charge in [0.05, 0.1) is 11.7 Å². The summed E-state index contributed by atoms with van der Waals surface area (Å²) in [6.45, 7) is 4.37. The van der Waals surface area contributed by atoms with Gasteiger partial charge in [-0.2, -0.15) is 0 Å². The summed E-state index contributed by atoms with van der Waals surface area (Å²) in [6, 6.07) is 8.93. The van der Waals surface area contributed by atoms with Gasteiger partial charge in [-0.05, 0) is 36.5 Å². The summed E-state index contributed by atoms with van der Waals surface area (Å²) in [7, 11) is 0. The second-order valence-corrected chi connectivity index (χ2v) is 7.02. The van der Waals surface area contributed by atoms with E-state index in [1.807, 2.05) is 12.1 Å². The van der Waals surface area contributed by atoms with Crippen LogP contribution in [0.15, 0.2) is 29.6 Å². The van der Waals surface area contributed by atoms with Gasteiger partial charge in [0.25, 0.3) is 0 Å². The Morgan fingerprint density at radius 3 is 2.50 bits per heavy atom. The first kappa shape index (κ1) is 14.1. The number of hydrogen-bond acceptors (Lipinski definition) is 3. The van der Waals surface area contributed by atoms with E-state index in [9.17, 15) is 0 Å². The van der Waals surface area contributed by atoms with Crippen LogP contribution in [0.4, 0.5) is 0 Å². The topological polar surface area (TPSA) is 24.9 Å². The van der Waals surface area contributed by atoms with Gasteiger partial charge in [0.2, 0.25) is 0 Å². The molecule has 3 rings (SSSR count). The molecule has 1 N–H and O–H groups in total. The summed E-state index contributed by atoms with van der Waals surface area (Å²) >= 11 is 7.74. The van der Waals surface area contributed by atoms with E-state index in [2.05, 4.69) is 36.7 Å². The van der Waals surface area contributed by atoms with Crippen molar-refractivity contribution in [2.75, 3.05) is 0 Å². The van der Waals surface area contributed by atoms with E-state index in [4.69, 9.17) is 16.6 Å². The highest BCUT2D eigenvalue weighted by molar-refractivity contribution is 7.09. The Kier molecular flexibility index (Phi) is 4.11. The van der Waals surface area contributed by atoms with E-state index in [-0.39, 0.29) is 6.04 Å². The molecule has 0 saturated heterocycles. The SMILES string of the molecule is CC(C)c1csc(C(NC2CC2)c2ccc(Cl)cc2)n1. The Balaban J connectivity index is 1.89. The molecule has 1 unspecified atom stereocenters. The number of benzene rings is 1. The number of rotatable bonds is 5. The van der Waals surface area contributed by atoms with Crippen molar-refractivity contribution in [2.45, 2.75) is 44.7 Å². The maximum absolute atomic E-state index is 5.99. The van der Waals surface area contributed by atoms with Gasteiger partial charge >= 0.3 is 0 Å². The molecule has 1 aliphatic carbocycles. The van der Waals surface area contributed by atoms with Crippen LogP contribution in [-0.2, 0) is 0 Å². The summed E-state index contributed by atoms with van der Waals surface area (Å²) in [5, 5.41) is 7.81. The van der Waals surface area contributed by atoms with Crippen molar-refractivity contribution >= 4 is 22.9 Å². The van der Waals surface area contributed by atoms with Crippen LogP contribution in [0.25, 0.3) is 0 Å². The zero-order valence-corrected chi connectivity index (χ0v) is 13.3. The molecule has 20 heavy (non-hydrogen) atoms. The molecular formula is C16H19ClN2S. The third kappa shape index (κ3) is 3.22. The van der Waals surface area contributed by atoms with E-state index in [0.717, 1.165) is 10.0 Å². The van der Waals surface area contributed by atoms with Crippen LogP contribution < -0.4 is 5.32 Å². The van der Waals surface area contributed by atoms with Crippen LogP contribution in [0, 0.1) is 0 Å². The molecular weight excluding hydrogens is 288 g/mol. The van der Waals surface area contributed by atoms with Crippen LogP contribution in [0.3, 0.4) is 0 Å². The molecule has 0 aliphatic heterocycles. The smallest absolute Gasteiger partial charge is 0.114 e. The summed E-state index contributed by atoms with van der Waals surface area (Å²) in [4.78, 5) is 4.81. The van der Waals surface area contributed by atoms with Gasteiger partial charge < -0.3 is 5.32 Å². The van der Waals surface area contributed by atoms with Crippen LogP contribution in [0.5, 0.6) is 0 Å². The lowest BCUT2D eigenvalue weighted by Gasteiger charge is -2.17. The number of hydrogen-bond donors (Lipinski definition) is 1. The fourth-order valence-corrected chi connectivity index (χ4v) is 3.34. The Morgan fingerprint density at radius 2 is 1.95 bits per heavy atom. The molecule has 1 aromatic heterocycles. The first-order valence-electron chi connectivity index (χ1n) is 7.10. The molecule has 1 aromatic carbocycles. The first-order valence-corrected chi connectivity index (χ1v) is 8.36. The monoisotopic (exact) mass is 306 g/mol. The van der Waals surface area contributed by atoms with Crippen LogP contribution in [-0.4, -0.2) is 11.0 Å². The predicted octanol–water partition coefficient (Wildman–Crippen LogP) is 4.76. The van der Waals surface area contributed by atoms with Gasteiger partial charge in [0, 0.05) is 16.4 Å². The first-order chi connectivity index (χ1) is 9.63. The molecule has 1 saturated carbocycles. The molecule has 0 spiro atoms. The van der Waals surface area contributed by atoms with Crippen molar-refractivity contribution in [2.24, 2.45) is 0 Å². The Morgan fingerprint density at radius 1 is 1.25 bits per heavy atom. The number of thiazole rings is 1. The zero-order chi connectivity index (χ0) is 14.1. The molecule has 1 atom stereocenters. The van der Waals surface area contributed by atoms with Gasteiger partial charge in [-0.15, -0.1) is 11.3 Å². The van der Waals surface area contributed by atoms with E-state index < -0.39 is 0 Å². The maximum Gasteiger partial charge on any atom is 0.114 e. The number of nitrogens with zero attached hydrogens (tertiary/aromatic N) is 1. The van der Waals surface area contributed by atoms with Crippen molar-refractivity contribution in [3.8, 4) is 0 Å². The minimum atomic E-state index is 0.192. The van der Waals surface area contributed by atoms with E-state index in [0.29, 0.717) is 12.0 Å². The van der Waals surface area contributed by atoms with E-state index in [1.54, 1.807) is 11.3 Å². The quantitative estimate of drug-likeness (QED) is 0.861. The number of aromatic nitrogens is 1. The van der Waals surface area contributed by atoms with Gasteiger partial charge in [-0.1, -0.05) is 37.6 Å². The van der Waals surface area contributed by atoms with Crippen molar-refractivity contribution in [3.05, 3.63) is 50.9 Å². The van der Waals surface area contributed by atoms with Crippen molar-refractivity contribution in [1.29, 1.82) is 0 Å². The highest BCUT2D eigenvalue weighted by atomic mass is 35.5. The van der Waals surface area contributed by atoms with Crippen LogP contribution >= 0.6 is 22.9 Å². The number of halogens is 1. The van der Waals surface area contributed by atoms with Crippen molar-refractivity contribution in [1.82, 2.24) is 10.3 Å². The van der Waals surface area contributed by atoms with Gasteiger partial charge in [0.1, 0.15) is 5.01 Å². The summed E-state index contributed by atoms with van der Waals surface area (Å²) in [5.74, 6) is 0.479. The van der Waals surface area contributed by atoms with Crippen molar-refractivity contribution in [3.63, 3.8) is 0 Å². The lowest BCUT2D eigenvalue weighted by molar-refractivity contribution is 0.595. The molecule has 1 fully saturated rings. The summed E-state index contributed by atoms with van der Waals surface area (Å²) in [6.07, 6.45) is 2.54. The molecule has 0 bridgehead atoms. The van der Waals surface area contributed by atoms with E-state index >= 15 is 0 Å². The minimum Gasteiger partial charge on any atom is -0.301 e. The normalized spacial score (nSPS) is 16.6. The van der Waals surface area contributed by atoms with Gasteiger partial charge in [-0.3, -0.25) is 0 Å². The van der Waals surface area contributed by atoms with Gasteiger partial charge in [0.15, 0.2) is 0 Å². The average molecular weight is 307 g/mol. The molecule has 2 aromatic rings. The highest BCUT2D eigenvalue weighted by Crippen LogP contribution is 2.32. The van der Waals surface area contributed by atoms with E-state index in [1.165, 1.54) is 24.1 Å². The van der Waals surface area contributed by atoms with Crippen LogP contribution in [0.2, 0.25) is 5.02 Å². The molecule has 1 aliphatic rings. The second-order valence-electron chi connectivity index (χ2n) is 5.69. The lowest BCUT2D eigenvalue weighted by Crippen LogP contribution is -2.24. The minimum absolute atomic E-state index is 0.192. The average Bonchev–Trinajstić information content (AvgIpc) is 3.11. The molecule has 0 radical (unpaired) electrons. The maximum atomic E-state index is 5.99. The lowest BCUT2D eigenvalue weighted by atomic mass is 10.1. The summed E-state index contributed by atoms with van der Waals surface area (Å²) in [5.41, 5.74) is 2.42. The largest absolute Gasteiger partial charge is 0.301 e. The molecule has 0 amide bonds. The zero-order valence-electron chi connectivity index (χ0n) is 11.8. The fraction of sp³-hybridized carbons (Fsp3) is 0.438. The predicted molar refractivity (Wildman–Crippen MR) is 85.7 cm³/mol. The molecule has 1 heterocycles. The molecule has 106 valence electrons. The Hall–Kier alpha value is -0.900. The van der Waals surface area contributed by atoms with Gasteiger partial charge in [-0.25, -0.2) is 4.98 Å². The standard InChI is InChI=1S/C16H19ClN2S/c1-10(2)14-9-20-16(19-14)15(18-13-7-8-13)11-3-5-12(17)6-4-11/h3-6,9-10,13,15,18H,7-8H2,1-2H3. The number of nitrogens with one attached hydrogen (secondary N) is 1. The van der Waals surface area contributed by atoms with Crippen molar-refractivity contribution < 1.29 is 0 Å². The summed E-state index contributed by atoms with van der Waals surface area (Å²) < 4.78 is 0. The molecule has 2 nitrogen and oxygen atoms in total. The Labute approximate surface area is 129 Å².